The average Bonchev–Trinajstić information content (AvgIpc) is 2.21. The lowest BCUT2D eigenvalue weighted by molar-refractivity contribution is 0.104. The fraction of sp³-hybridized carbons (Fsp3) is 0.857. The van der Waals surface area contributed by atoms with Gasteiger partial charge in [-0.2, -0.15) is 0 Å². The van der Waals surface area contributed by atoms with Crippen molar-refractivity contribution in [2.24, 2.45) is 5.92 Å². The molecule has 0 aliphatic heterocycles. The summed E-state index contributed by atoms with van der Waals surface area (Å²) < 4.78 is 0. The van der Waals surface area contributed by atoms with Crippen molar-refractivity contribution < 1.29 is 10.2 Å². The van der Waals surface area contributed by atoms with E-state index in [1.54, 1.807) is 6.92 Å². The van der Waals surface area contributed by atoms with E-state index in [4.69, 9.17) is 0 Å². The van der Waals surface area contributed by atoms with Gasteiger partial charge in [0.2, 0.25) is 0 Å². The van der Waals surface area contributed by atoms with Crippen LogP contribution in [0.15, 0.2) is 0 Å². The van der Waals surface area contributed by atoms with Crippen LogP contribution in [0.2, 0.25) is 0 Å². The molecule has 2 heteroatoms. The van der Waals surface area contributed by atoms with E-state index in [-0.39, 0.29) is 0 Å². The molecule has 0 aliphatic rings. The molecular formula is C14H26O2. The van der Waals surface area contributed by atoms with Crippen LogP contribution < -0.4 is 0 Å². The van der Waals surface area contributed by atoms with Crippen LogP contribution in [0.25, 0.3) is 0 Å². The Kier molecular flexibility index (Phi) is 7.45. The van der Waals surface area contributed by atoms with Crippen molar-refractivity contribution in [2.45, 2.75) is 71.5 Å². The van der Waals surface area contributed by atoms with Gasteiger partial charge in [0.1, 0.15) is 11.7 Å². The Morgan fingerprint density at radius 3 is 2.38 bits per heavy atom. The molecule has 0 aliphatic carbocycles. The summed E-state index contributed by atoms with van der Waals surface area (Å²) in [5.41, 5.74) is -0.961. The molecule has 16 heavy (non-hydrogen) atoms. The predicted octanol–water partition coefficient (Wildman–Crippen LogP) is 2.73. The zero-order valence-electron chi connectivity index (χ0n) is 11.1. The molecule has 0 heterocycles. The normalized spacial score (nSPS) is 16.4. The second-order valence-electron chi connectivity index (χ2n) is 5.13. The van der Waals surface area contributed by atoms with Gasteiger partial charge in [-0.3, -0.25) is 0 Å². The van der Waals surface area contributed by atoms with Crippen molar-refractivity contribution >= 4 is 0 Å². The molecule has 0 aromatic rings. The van der Waals surface area contributed by atoms with Gasteiger partial charge < -0.3 is 10.2 Å². The molecule has 0 radical (unpaired) electrons. The molecule has 0 aromatic carbocycles. The third kappa shape index (κ3) is 8.76. The van der Waals surface area contributed by atoms with Crippen LogP contribution in [0.3, 0.4) is 0 Å². The van der Waals surface area contributed by atoms with Crippen molar-refractivity contribution in [3.8, 4) is 11.8 Å². The Morgan fingerprint density at radius 1 is 1.25 bits per heavy atom. The summed E-state index contributed by atoms with van der Waals surface area (Å²) in [5.74, 6) is 6.08. The Bertz CT molecular complexity index is 233. The van der Waals surface area contributed by atoms with E-state index in [9.17, 15) is 10.2 Å². The van der Waals surface area contributed by atoms with Gasteiger partial charge in [0.25, 0.3) is 0 Å². The minimum atomic E-state index is -0.961. The number of hydrogen-bond acceptors (Lipinski definition) is 2. The summed E-state index contributed by atoms with van der Waals surface area (Å²) in [5, 5.41) is 19.5. The van der Waals surface area contributed by atoms with Crippen molar-refractivity contribution in [2.75, 3.05) is 0 Å². The maximum absolute atomic E-state index is 9.95. The highest BCUT2D eigenvalue weighted by molar-refractivity contribution is 5.14. The molecule has 0 rings (SSSR count). The molecule has 0 saturated carbocycles. The van der Waals surface area contributed by atoms with E-state index in [1.807, 2.05) is 0 Å². The molecule has 0 bridgehead atoms. The van der Waals surface area contributed by atoms with Crippen LogP contribution in [-0.2, 0) is 0 Å². The van der Waals surface area contributed by atoms with E-state index in [0.717, 1.165) is 19.3 Å². The van der Waals surface area contributed by atoms with Gasteiger partial charge in [-0.1, -0.05) is 45.5 Å². The van der Waals surface area contributed by atoms with E-state index in [2.05, 4.69) is 32.6 Å². The second kappa shape index (κ2) is 7.70. The van der Waals surface area contributed by atoms with Crippen LogP contribution in [-0.4, -0.2) is 21.9 Å². The molecule has 2 unspecified atom stereocenters. The van der Waals surface area contributed by atoms with Gasteiger partial charge in [0.15, 0.2) is 0 Å². The van der Waals surface area contributed by atoms with Gasteiger partial charge in [-0.25, -0.2) is 0 Å². The third-order valence-electron chi connectivity index (χ3n) is 2.55. The monoisotopic (exact) mass is 226 g/mol. The third-order valence-corrected chi connectivity index (χ3v) is 2.55. The molecule has 0 spiro atoms. The van der Waals surface area contributed by atoms with Crippen LogP contribution >= 0.6 is 0 Å². The maximum atomic E-state index is 9.95. The molecule has 2 N–H and O–H groups in total. The fourth-order valence-corrected chi connectivity index (χ4v) is 1.34. The van der Waals surface area contributed by atoms with Crippen LogP contribution in [0.4, 0.5) is 0 Å². The fourth-order valence-electron chi connectivity index (χ4n) is 1.34. The maximum Gasteiger partial charge on any atom is 0.122 e. The summed E-state index contributed by atoms with van der Waals surface area (Å²) in [6.07, 6.45) is 3.76. The molecule has 0 saturated heterocycles. The minimum absolute atomic E-state index is 0.568. The standard InChI is InChI=1S/C14H26O2/c1-5-6-7-13(15)9-11-14(4,16)10-8-12(2)3/h12-13,15-16H,5-8,10H2,1-4H3. The van der Waals surface area contributed by atoms with E-state index in [0.29, 0.717) is 18.8 Å². The quantitative estimate of drug-likeness (QED) is 0.684. The van der Waals surface area contributed by atoms with Gasteiger partial charge in [-0.05, 0) is 32.1 Å². The number of unbranched alkanes of at least 4 members (excludes halogenated alkanes) is 1. The van der Waals surface area contributed by atoms with Gasteiger partial charge in [0.05, 0.1) is 0 Å². The first-order chi connectivity index (χ1) is 7.37. The van der Waals surface area contributed by atoms with E-state index < -0.39 is 11.7 Å². The van der Waals surface area contributed by atoms with Gasteiger partial charge in [-0.15, -0.1) is 0 Å². The number of hydrogen-bond donors (Lipinski definition) is 2. The highest BCUT2D eigenvalue weighted by atomic mass is 16.3. The first-order valence-corrected chi connectivity index (χ1v) is 6.30. The second-order valence-corrected chi connectivity index (χ2v) is 5.13. The lowest BCUT2D eigenvalue weighted by atomic mass is 9.95. The van der Waals surface area contributed by atoms with Crippen LogP contribution in [0, 0.1) is 17.8 Å². The Balaban J connectivity index is 4.07. The number of rotatable bonds is 6. The lowest BCUT2D eigenvalue weighted by Crippen LogP contribution is -2.22. The first kappa shape index (κ1) is 15.5. The zero-order valence-corrected chi connectivity index (χ0v) is 11.1. The Labute approximate surface area is 100 Å². The molecule has 0 fully saturated rings. The number of aliphatic hydroxyl groups is 2. The number of aliphatic hydroxyl groups excluding tert-OH is 1. The average molecular weight is 226 g/mol. The highest BCUT2D eigenvalue weighted by Crippen LogP contribution is 2.15. The van der Waals surface area contributed by atoms with Crippen LogP contribution in [0.1, 0.15) is 59.8 Å². The van der Waals surface area contributed by atoms with Gasteiger partial charge >= 0.3 is 0 Å². The highest BCUT2D eigenvalue weighted by Gasteiger charge is 2.17. The minimum Gasteiger partial charge on any atom is -0.380 e. The van der Waals surface area contributed by atoms with E-state index in [1.165, 1.54) is 0 Å². The summed E-state index contributed by atoms with van der Waals surface area (Å²) in [4.78, 5) is 0. The van der Waals surface area contributed by atoms with Crippen molar-refractivity contribution in [3.05, 3.63) is 0 Å². The van der Waals surface area contributed by atoms with Crippen molar-refractivity contribution in [3.63, 3.8) is 0 Å². The molecule has 94 valence electrons. The SMILES string of the molecule is CCCCC(O)C#CC(C)(O)CCC(C)C. The van der Waals surface area contributed by atoms with Crippen LogP contribution in [0.5, 0.6) is 0 Å². The Morgan fingerprint density at radius 2 is 1.88 bits per heavy atom. The molecular weight excluding hydrogens is 200 g/mol. The lowest BCUT2D eigenvalue weighted by Gasteiger charge is -2.17. The van der Waals surface area contributed by atoms with Crippen molar-refractivity contribution in [1.82, 2.24) is 0 Å². The summed E-state index contributed by atoms with van der Waals surface area (Å²) in [6, 6.07) is 0. The zero-order chi connectivity index (χ0) is 12.6. The topological polar surface area (TPSA) is 40.5 Å². The summed E-state index contributed by atoms with van der Waals surface area (Å²) in [7, 11) is 0. The smallest absolute Gasteiger partial charge is 0.122 e. The van der Waals surface area contributed by atoms with Crippen molar-refractivity contribution in [1.29, 1.82) is 0 Å². The molecule has 2 nitrogen and oxygen atoms in total. The molecule has 0 amide bonds. The van der Waals surface area contributed by atoms with E-state index >= 15 is 0 Å². The first-order valence-electron chi connectivity index (χ1n) is 6.30. The summed E-state index contributed by atoms with van der Waals surface area (Å²) in [6.45, 7) is 8.05. The Hall–Kier alpha value is -0.520. The molecule has 0 aromatic heterocycles. The summed E-state index contributed by atoms with van der Waals surface area (Å²) >= 11 is 0. The molecule has 2 atom stereocenters. The predicted molar refractivity (Wildman–Crippen MR) is 68.0 cm³/mol. The largest absolute Gasteiger partial charge is 0.380 e. The van der Waals surface area contributed by atoms with Gasteiger partial charge in [0, 0.05) is 0 Å².